The minimum atomic E-state index is -0.0586. The minimum absolute atomic E-state index is 0.0382. The molecule has 2 aromatic heterocycles. The van der Waals surface area contributed by atoms with Crippen LogP contribution in [0.3, 0.4) is 0 Å². The quantitative estimate of drug-likeness (QED) is 0.348. The number of hydrogen-bond acceptors (Lipinski definition) is 6. The van der Waals surface area contributed by atoms with Gasteiger partial charge >= 0.3 is 0 Å². The summed E-state index contributed by atoms with van der Waals surface area (Å²) in [6, 6.07) is 2.91. The van der Waals surface area contributed by atoms with Gasteiger partial charge in [-0.15, -0.1) is 0 Å². The first kappa shape index (κ1) is 29.5. The number of H-pyrrole nitrogens is 1. The number of likely N-dealkylation sites (tertiary alicyclic amines) is 2. The molecule has 1 spiro atoms. The van der Waals surface area contributed by atoms with Crippen molar-refractivity contribution in [1.29, 1.82) is 0 Å². The number of ether oxygens (including phenoxy) is 1. The molecule has 8 rings (SSSR count). The average Bonchev–Trinajstić information content (AvgIpc) is 3.74. The summed E-state index contributed by atoms with van der Waals surface area (Å²) in [5, 5.41) is 14.9. The summed E-state index contributed by atoms with van der Waals surface area (Å²) >= 11 is 6.87. The van der Waals surface area contributed by atoms with E-state index in [1.54, 1.807) is 0 Å². The molecule has 2 unspecified atom stereocenters. The van der Waals surface area contributed by atoms with Crippen molar-refractivity contribution in [1.82, 2.24) is 29.8 Å². The van der Waals surface area contributed by atoms with E-state index >= 15 is 0 Å². The zero-order chi connectivity index (χ0) is 31.2. The van der Waals surface area contributed by atoms with Gasteiger partial charge in [0.25, 0.3) is 0 Å². The zero-order valence-electron chi connectivity index (χ0n) is 27.1. The van der Waals surface area contributed by atoms with Crippen molar-refractivity contribution in [3.05, 3.63) is 41.2 Å². The Labute approximate surface area is 270 Å². The van der Waals surface area contributed by atoms with Gasteiger partial charge in [0.15, 0.2) is 5.82 Å². The normalized spacial score (nSPS) is 27.6. The molecule has 5 aliphatic rings. The second-order valence-electron chi connectivity index (χ2n) is 15.4. The van der Waals surface area contributed by atoms with Crippen molar-refractivity contribution in [2.75, 3.05) is 50.8 Å². The zero-order valence-corrected chi connectivity index (χ0v) is 27.9. The summed E-state index contributed by atoms with van der Waals surface area (Å²) in [4.78, 5) is 19.4. The van der Waals surface area contributed by atoms with Crippen molar-refractivity contribution >= 4 is 34.2 Å². The molecule has 4 aliphatic heterocycles. The van der Waals surface area contributed by atoms with Gasteiger partial charge in [-0.3, -0.25) is 19.5 Å². The van der Waals surface area contributed by atoms with E-state index in [4.69, 9.17) is 21.4 Å². The number of amides is 1. The van der Waals surface area contributed by atoms with E-state index in [1.165, 1.54) is 36.8 Å². The Morgan fingerprint density at radius 3 is 2.71 bits per heavy atom. The minimum Gasteiger partial charge on any atom is -0.379 e. The fraction of sp³-hybridized carbons (Fsp3) is 0.629. The van der Waals surface area contributed by atoms with E-state index < -0.39 is 0 Å². The lowest BCUT2D eigenvalue weighted by molar-refractivity contribution is -0.149. The Bertz CT molecular complexity index is 1660. The third-order valence-electron chi connectivity index (χ3n) is 12.0. The molecule has 0 bridgehead atoms. The van der Waals surface area contributed by atoms with Crippen molar-refractivity contribution in [2.24, 2.45) is 17.3 Å². The molecule has 10 heteroatoms. The molecule has 1 saturated carbocycles. The van der Waals surface area contributed by atoms with Gasteiger partial charge in [0, 0.05) is 76.3 Å². The first-order chi connectivity index (χ1) is 21.6. The van der Waals surface area contributed by atoms with E-state index in [1.807, 2.05) is 17.2 Å². The van der Waals surface area contributed by atoms with Gasteiger partial charge in [-0.1, -0.05) is 18.2 Å². The molecule has 4 saturated heterocycles. The summed E-state index contributed by atoms with van der Waals surface area (Å²) in [7, 11) is 0. The number of anilines is 1. The van der Waals surface area contributed by atoms with Crippen LogP contribution in [0.1, 0.15) is 63.3 Å². The van der Waals surface area contributed by atoms with Crippen LogP contribution in [0.4, 0.5) is 5.82 Å². The summed E-state index contributed by atoms with van der Waals surface area (Å²) in [5.74, 6) is 2.48. The molecule has 1 N–H and O–H groups in total. The van der Waals surface area contributed by atoms with Gasteiger partial charge < -0.3 is 14.5 Å². The summed E-state index contributed by atoms with van der Waals surface area (Å²) in [6.45, 7) is 19.7. The monoisotopic (exact) mass is 631 g/mol. The SMILES string of the molecule is C=CC(=O)N1CC2(CC(n3nc(N4CC[C@@H](CN5CCC6COCC65)CC4(C)C)c(-c4c(C)c(Cl)cc5[nH]ncc45)c3C)C2)C1. The number of rotatable bonds is 6. The topological polar surface area (TPSA) is 82.5 Å². The summed E-state index contributed by atoms with van der Waals surface area (Å²) in [5.41, 5.74) is 5.65. The fourth-order valence-electron chi connectivity index (χ4n) is 9.65. The van der Waals surface area contributed by atoms with Crippen molar-refractivity contribution in [2.45, 2.75) is 77.4 Å². The second-order valence-corrected chi connectivity index (χ2v) is 15.8. The Morgan fingerprint density at radius 2 is 1.96 bits per heavy atom. The lowest BCUT2D eigenvalue weighted by atomic mass is 9.60. The van der Waals surface area contributed by atoms with Gasteiger partial charge in [0.05, 0.1) is 31.0 Å². The van der Waals surface area contributed by atoms with E-state index in [-0.39, 0.29) is 16.9 Å². The van der Waals surface area contributed by atoms with Gasteiger partial charge in [-0.05, 0) is 90.0 Å². The number of piperidine rings is 1. The Morgan fingerprint density at radius 1 is 1.16 bits per heavy atom. The third kappa shape index (κ3) is 4.67. The lowest BCUT2D eigenvalue weighted by Gasteiger charge is -2.58. The van der Waals surface area contributed by atoms with Gasteiger partial charge in [-0.25, -0.2) is 0 Å². The standard InChI is InChI=1S/C35H46ClN7O2/c1-6-30(44)41-19-35(20-41)13-25(14-35)43-22(3)32(31-21(2)27(36)11-28-26(31)15-37-38-28)33(39-43)42-10-7-23(12-34(42,4)5)16-40-9-8-24-17-45-18-29(24)40/h6,11,15,23-25,29H,1,7-10,12-14,16-20H2,2-5H3,(H,37,38)/t23-,24?,29?/m1/s1. The third-order valence-corrected chi connectivity index (χ3v) is 12.4. The molecule has 240 valence electrons. The highest BCUT2D eigenvalue weighted by Crippen LogP contribution is 2.56. The van der Waals surface area contributed by atoms with Crippen LogP contribution < -0.4 is 4.90 Å². The molecule has 3 atom stereocenters. The van der Waals surface area contributed by atoms with E-state index in [0.29, 0.717) is 18.0 Å². The maximum absolute atomic E-state index is 12.1. The fourth-order valence-corrected chi connectivity index (χ4v) is 9.85. The number of nitrogens with zero attached hydrogens (tertiary/aromatic N) is 6. The summed E-state index contributed by atoms with van der Waals surface area (Å²) in [6.07, 6.45) is 9.00. The number of halogens is 1. The number of benzene rings is 1. The van der Waals surface area contributed by atoms with Crippen LogP contribution in [-0.2, 0) is 9.53 Å². The molecule has 1 aliphatic carbocycles. The lowest BCUT2D eigenvalue weighted by Crippen LogP contribution is -2.63. The molecule has 0 radical (unpaired) electrons. The molecule has 3 aromatic rings. The molecular weight excluding hydrogens is 586 g/mol. The summed E-state index contributed by atoms with van der Waals surface area (Å²) < 4.78 is 8.14. The van der Waals surface area contributed by atoms with Crippen molar-refractivity contribution < 1.29 is 9.53 Å². The van der Waals surface area contributed by atoms with Crippen LogP contribution >= 0.6 is 11.6 Å². The maximum Gasteiger partial charge on any atom is 0.245 e. The van der Waals surface area contributed by atoms with Crippen molar-refractivity contribution in [3.8, 4) is 11.1 Å². The van der Waals surface area contributed by atoms with Crippen molar-refractivity contribution in [3.63, 3.8) is 0 Å². The molecule has 1 amide bonds. The molecule has 6 heterocycles. The highest BCUT2D eigenvalue weighted by atomic mass is 35.5. The van der Waals surface area contributed by atoms with E-state index in [0.717, 1.165) is 97.3 Å². The van der Waals surface area contributed by atoms with E-state index in [2.05, 4.69) is 59.0 Å². The van der Waals surface area contributed by atoms with Crippen LogP contribution in [-0.4, -0.2) is 93.2 Å². The molecule has 9 nitrogen and oxygen atoms in total. The number of fused-ring (bicyclic) bond motifs is 2. The largest absolute Gasteiger partial charge is 0.379 e. The van der Waals surface area contributed by atoms with Crippen LogP contribution in [0, 0.1) is 31.1 Å². The predicted molar refractivity (Wildman–Crippen MR) is 178 cm³/mol. The first-order valence-corrected chi connectivity index (χ1v) is 17.2. The van der Waals surface area contributed by atoms with Crippen LogP contribution in [0.5, 0.6) is 0 Å². The van der Waals surface area contributed by atoms with Gasteiger partial charge in [0.2, 0.25) is 5.91 Å². The number of aromatic amines is 1. The Hall–Kier alpha value is -2.88. The smallest absolute Gasteiger partial charge is 0.245 e. The molecule has 1 aromatic carbocycles. The molecule has 45 heavy (non-hydrogen) atoms. The highest BCUT2D eigenvalue weighted by molar-refractivity contribution is 6.33. The van der Waals surface area contributed by atoms with Crippen LogP contribution in [0.2, 0.25) is 5.02 Å². The highest BCUT2D eigenvalue weighted by Gasteiger charge is 2.55. The number of carbonyl (C=O) groups excluding carboxylic acids is 1. The van der Waals surface area contributed by atoms with Gasteiger partial charge in [-0.2, -0.15) is 10.2 Å². The number of hydrogen-bond donors (Lipinski definition) is 1. The first-order valence-electron chi connectivity index (χ1n) is 16.8. The molecule has 5 fully saturated rings. The van der Waals surface area contributed by atoms with Gasteiger partial charge in [0.1, 0.15) is 0 Å². The van der Waals surface area contributed by atoms with E-state index in [9.17, 15) is 4.79 Å². The van der Waals surface area contributed by atoms with Crippen LogP contribution in [0.15, 0.2) is 24.9 Å². The molecular formula is C35H46ClN7O2. The maximum atomic E-state index is 12.1. The number of aromatic nitrogens is 4. The van der Waals surface area contributed by atoms with Crippen LogP contribution in [0.25, 0.3) is 22.0 Å². The average molecular weight is 632 g/mol. The number of nitrogens with one attached hydrogen (secondary N) is 1. The Kier molecular flexibility index (Phi) is 6.94. The predicted octanol–water partition coefficient (Wildman–Crippen LogP) is 5.76. The number of carbonyl (C=O) groups is 1. The Balaban J connectivity index is 1.12. The second kappa shape index (κ2) is 10.6.